The smallest absolute Gasteiger partial charge is 0.230 e. The maximum Gasteiger partial charge on any atom is 0.230 e. The van der Waals surface area contributed by atoms with Gasteiger partial charge in [-0.1, -0.05) is 15.9 Å². The van der Waals surface area contributed by atoms with Crippen molar-refractivity contribution in [3.63, 3.8) is 0 Å². The highest BCUT2D eigenvalue weighted by molar-refractivity contribution is 9.10. The number of benzene rings is 1. The van der Waals surface area contributed by atoms with Gasteiger partial charge in [0.2, 0.25) is 5.91 Å². The van der Waals surface area contributed by atoms with Gasteiger partial charge in [0.25, 0.3) is 0 Å². The minimum Gasteiger partial charge on any atom is -0.354 e. The van der Waals surface area contributed by atoms with E-state index in [1.54, 1.807) is 12.1 Å². The lowest BCUT2D eigenvalue weighted by Gasteiger charge is -2.16. The molecule has 0 atom stereocenters. The zero-order valence-corrected chi connectivity index (χ0v) is 10.9. The normalized spacial score (nSPS) is 16.6. The number of nitrogens with two attached hydrogens (primary N) is 1. The summed E-state index contributed by atoms with van der Waals surface area (Å²) in [6.07, 6.45) is 1.38. The van der Waals surface area contributed by atoms with E-state index in [1.807, 2.05) is 0 Å². The molecule has 0 spiro atoms. The van der Waals surface area contributed by atoms with Crippen LogP contribution >= 0.6 is 15.9 Å². The highest BCUT2D eigenvalue weighted by atomic mass is 79.9. The fourth-order valence-electron chi connectivity index (χ4n) is 1.96. The number of nitrogens with one attached hydrogen (secondary N) is 1. The molecule has 3 nitrogen and oxygen atoms in total. The van der Waals surface area contributed by atoms with Crippen molar-refractivity contribution in [2.24, 2.45) is 5.73 Å². The van der Waals surface area contributed by atoms with E-state index in [9.17, 15) is 9.18 Å². The first kappa shape index (κ1) is 12.5. The third-order valence-electron chi connectivity index (χ3n) is 3.06. The van der Waals surface area contributed by atoms with Crippen LogP contribution in [0.1, 0.15) is 18.4 Å². The summed E-state index contributed by atoms with van der Waals surface area (Å²) >= 11 is 3.30. The van der Waals surface area contributed by atoms with E-state index in [0.29, 0.717) is 31.5 Å². The standard InChI is InChI=1S/C12H14BrFN2O/c13-8-1-2-10(14)9(7-8)12(3-4-12)11(17)16-6-5-15/h1-2,7H,3-6,15H2,(H,16,17). The number of rotatable bonds is 4. The molecule has 0 aliphatic heterocycles. The zero-order valence-electron chi connectivity index (χ0n) is 9.30. The molecule has 17 heavy (non-hydrogen) atoms. The second kappa shape index (κ2) is 4.74. The highest BCUT2D eigenvalue weighted by Gasteiger charge is 2.52. The molecule has 0 heterocycles. The second-order valence-electron chi connectivity index (χ2n) is 4.25. The number of halogens is 2. The molecule has 5 heteroatoms. The topological polar surface area (TPSA) is 55.1 Å². The van der Waals surface area contributed by atoms with Gasteiger partial charge in [-0.2, -0.15) is 0 Å². The Morgan fingerprint density at radius 3 is 2.82 bits per heavy atom. The highest BCUT2D eigenvalue weighted by Crippen LogP contribution is 2.49. The van der Waals surface area contributed by atoms with Crippen molar-refractivity contribution >= 4 is 21.8 Å². The van der Waals surface area contributed by atoms with Gasteiger partial charge in [-0.05, 0) is 31.0 Å². The number of hydrogen-bond acceptors (Lipinski definition) is 2. The number of hydrogen-bond donors (Lipinski definition) is 2. The van der Waals surface area contributed by atoms with Gasteiger partial charge >= 0.3 is 0 Å². The lowest BCUT2D eigenvalue weighted by Crippen LogP contribution is -2.38. The van der Waals surface area contributed by atoms with Crippen molar-refractivity contribution in [3.8, 4) is 0 Å². The Kier molecular flexibility index (Phi) is 3.49. The molecule has 0 bridgehead atoms. The van der Waals surface area contributed by atoms with Crippen molar-refractivity contribution < 1.29 is 9.18 Å². The fraction of sp³-hybridized carbons (Fsp3) is 0.417. The lowest BCUT2D eigenvalue weighted by molar-refractivity contribution is -0.123. The third-order valence-corrected chi connectivity index (χ3v) is 3.55. The summed E-state index contributed by atoms with van der Waals surface area (Å²) < 4.78 is 14.5. The van der Waals surface area contributed by atoms with Crippen molar-refractivity contribution in [3.05, 3.63) is 34.1 Å². The Morgan fingerprint density at radius 2 is 2.24 bits per heavy atom. The maximum absolute atomic E-state index is 13.8. The molecule has 2 rings (SSSR count). The number of amides is 1. The minimum atomic E-state index is -0.678. The molecule has 0 unspecified atom stereocenters. The quantitative estimate of drug-likeness (QED) is 0.889. The van der Waals surface area contributed by atoms with Gasteiger partial charge in [-0.3, -0.25) is 4.79 Å². The summed E-state index contributed by atoms with van der Waals surface area (Å²) in [6, 6.07) is 4.70. The van der Waals surface area contributed by atoms with Gasteiger partial charge in [-0.15, -0.1) is 0 Å². The van der Waals surface area contributed by atoms with Crippen LogP contribution in [-0.4, -0.2) is 19.0 Å². The Balaban J connectivity index is 2.26. The Hall–Kier alpha value is -0.940. The van der Waals surface area contributed by atoms with Gasteiger partial charge in [0, 0.05) is 23.1 Å². The SMILES string of the molecule is NCCNC(=O)C1(c2cc(Br)ccc2F)CC1. The number of carbonyl (C=O) groups is 1. The molecule has 1 fully saturated rings. The molecule has 0 aromatic heterocycles. The van der Waals surface area contributed by atoms with E-state index in [2.05, 4.69) is 21.2 Å². The predicted octanol–water partition coefficient (Wildman–Crippen LogP) is 1.69. The molecule has 1 aliphatic rings. The Morgan fingerprint density at radius 1 is 1.53 bits per heavy atom. The van der Waals surface area contributed by atoms with Crippen LogP contribution in [0.4, 0.5) is 4.39 Å². The van der Waals surface area contributed by atoms with Crippen molar-refractivity contribution in [1.29, 1.82) is 0 Å². The van der Waals surface area contributed by atoms with Crippen molar-refractivity contribution in [2.45, 2.75) is 18.3 Å². The van der Waals surface area contributed by atoms with Crippen molar-refractivity contribution in [1.82, 2.24) is 5.32 Å². The molecular formula is C12H14BrFN2O. The summed E-state index contributed by atoms with van der Waals surface area (Å²) in [6.45, 7) is 0.818. The molecule has 1 aliphatic carbocycles. The van der Waals surface area contributed by atoms with E-state index in [-0.39, 0.29) is 11.7 Å². The van der Waals surface area contributed by atoms with Crippen LogP contribution in [0.25, 0.3) is 0 Å². The largest absolute Gasteiger partial charge is 0.354 e. The van der Waals surface area contributed by atoms with Crippen LogP contribution in [0, 0.1) is 5.82 Å². The van der Waals surface area contributed by atoms with Crippen LogP contribution < -0.4 is 11.1 Å². The average Bonchev–Trinajstić information content (AvgIpc) is 3.10. The van der Waals surface area contributed by atoms with E-state index in [1.165, 1.54) is 6.07 Å². The first-order chi connectivity index (χ1) is 8.10. The summed E-state index contributed by atoms with van der Waals surface area (Å²) in [4.78, 5) is 12.0. The van der Waals surface area contributed by atoms with Crippen molar-refractivity contribution in [2.75, 3.05) is 13.1 Å². The van der Waals surface area contributed by atoms with Gasteiger partial charge in [0.1, 0.15) is 5.82 Å². The van der Waals surface area contributed by atoms with Crippen LogP contribution in [0.2, 0.25) is 0 Å². The first-order valence-corrected chi connectivity index (χ1v) is 6.33. The van der Waals surface area contributed by atoms with Gasteiger partial charge in [0.15, 0.2) is 0 Å². The molecule has 92 valence electrons. The van der Waals surface area contributed by atoms with E-state index in [0.717, 1.165) is 4.47 Å². The summed E-state index contributed by atoms with van der Waals surface area (Å²) in [5.41, 5.74) is 5.13. The maximum atomic E-state index is 13.8. The lowest BCUT2D eigenvalue weighted by atomic mass is 9.94. The van der Waals surface area contributed by atoms with Gasteiger partial charge in [0.05, 0.1) is 5.41 Å². The summed E-state index contributed by atoms with van der Waals surface area (Å²) in [5, 5.41) is 2.73. The van der Waals surface area contributed by atoms with Gasteiger partial charge in [-0.25, -0.2) is 4.39 Å². The predicted molar refractivity (Wildman–Crippen MR) is 67.1 cm³/mol. The number of carbonyl (C=O) groups excluding carboxylic acids is 1. The Labute approximate surface area is 108 Å². The minimum absolute atomic E-state index is 0.125. The molecule has 0 saturated heterocycles. The van der Waals surface area contributed by atoms with Crippen LogP contribution in [-0.2, 0) is 10.2 Å². The Bertz CT molecular complexity index is 446. The van der Waals surface area contributed by atoms with Crippen LogP contribution in [0.15, 0.2) is 22.7 Å². The molecule has 0 radical (unpaired) electrons. The van der Waals surface area contributed by atoms with E-state index < -0.39 is 5.41 Å². The molecule has 1 aromatic rings. The molecule has 1 amide bonds. The average molecular weight is 301 g/mol. The fourth-order valence-corrected chi connectivity index (χ4v) is 2.32. The molecular weight excluding hydrogens is 287 g/mol. The molecule has 1 aromatic carbocycles. The molecule has 1 saturated carbocycles. The monoisotopic (exact) mass is 300 g/mol. The summed E-state index contributed by atoms with van der Waals surface area (Å²) in [5.74, 6) is -0.450. The van der Waals surface area contributed by atoms with Crippen LogP contribution in [0.3, 0.4) is 0 Å². The van der Waals surface area contributed by atoms with E-state index >= 15 is 0 Å². The third kappa shape index (κ3) is 2.35. The first-order valence-electron chi connectivity index (χ1n) is 5.54. The van der Waals surface area contributed by atoms with Gasteiger partial charge < -0.3 is 11.1 Å². The zero-order chi connectivity index (χ0) is 12.5. The second-order valence-corrected chi connectivity index (χ2v) is 5.17. The van der Waals surface area contributed by atoms with E-state index in [4.69, 9.17) is 5.73 Å². The van der Waals surface area contributed by atoms with Crippen LogP contribution in [0.5, 0.6) is 0 Å². The molecule has 3 N–H and O–H groups in total. The summed E-state index contributed by atoms with van der Waals surface area (Å²) in [7, 11) is 0.